The van der Waals surface area contributed by atoms with Crippen LogP contribution < -0.4 is 5.32 Å². The number of hydrogen-bond donors (Lipinski definition) is 1. The molecule has 12 heteroatoms. The van der Waals surface area contributed by atoms with Gasteiger partial charge in [-0.25, -0.2) is 9.67 Å². The zero-order chi connectivity index (χ0) is 23.0. The van der Waals surface area contributed by atoms with Gasteiger partial charge in [-0.05, 0) is 32.0 Å². The lowest BCUT2D eigenvalue weighted by Gasteiger charge is -2.08. The van der Waals surface area contributed by atoms with Crippen molar-refractivity contribution in [2.24, 2.45) is 0 Å². The molecule has 162 valence electrons. The minimum atomic E-state index is -0.734. The van der Waals surface area contributed by atoms with Crippen LogP contribution in [0.4, 0.5) is 17.1 Å². The van der Waals surface area contributed by atoms with E-state index in [2.05, 4.69) is 15.4 Å². The van der Waals surface area contributed by atoms with Crippen molar-refractivity contribution in [3.05, 3.63) is 74.3 Å². The first-order valence-electron chi connectivity index (χ1n) is 9.35. The van der Waals surface area contributed by atoms with Crippen LogP contribution in [-0.2, 0) is 11.3 Å². The second-order valence-electron chi connectivity index (χ2n) is 6.98. The van der Waals surface area contributed by atoms with Crippen LogP contribution in [0, 0.1) is 34.1 Å². The number of nitro groups is 2. The van der Waals surface area contributed by atoms with E-state index in [0.717, 1.165) is 23.1 Å². The first-order chi connectivity index (χ1) is 15.3. The van der Waals surface area contributed by atoms with E-state index in [1.54, 1.807) is 37.6 Å². The van der Waals surface area contributed by atoms with Crippen molar-refractivity contribution in [2.45, 2.75) is 20.4 Å². The van der Waals surface area contributed by atoms with Gasteiger partial charge < -0.3 is 9.73 Å². The fourth-order valence-electron chi connectivity index (χ4n) is 3.50. The molecule has 0 fully saturated rings. The topological polar surface area (TPSA) is 159 Å². The molecule has 3 heterocycles. The molecular formula is C20H16N6O6. The van der Waals surface area contributed by atoms with Crippen LogP contribution >= 0.6 is 0 Å². The largest absolute Gasteiger partial charge is 0.464 e. The highest BCUT2D eigenvalue weighted by Crippen LogP contribution is 2.32. The molecule has 4 aromatic rings. The molecule has 0 bridgehead atoms. The molecule has 0 aliphatic rings. The Kier molecular flexibility index (Phi) is 5.10. The molecule has 0 spiro atoms. The van der Waals surface area contributed by atoms with Gasteiger partial charge in [0.25, 0.3) is 11.4 Å². The Hall–Kier alpha value is -4.61. The van der Waals surface area contributed by atoms with Crippen LogP contribution in [-0.4, -0.2) is 30.5 Å². The van der Waals surface area contributed by atoms with Gasteiger partial charge >= 0.3 is 0 Å². The van der Waals surface area contributed by atoms with Crippen molar-refractivity contribution in [3.8, 4) is 11.3 Å². The average Bonchev–Trinajstić information content (AvgIpc) is 3.37. The molecule has 0 atom stereocenters. The SMILES string of the molecule is Cc1c([N+](=O)[O-])cc(NC(=O)Cn2nc(C)c3c(-c4ccco4)ccnc32)cc1[N+](=O)[O-]. The van der Waals surface area contributed by atoms with Gasteiger partial charge in [-0.2, -0.15) is 5.10 Å². The van der Waals surface area contributed by atoms with Crippen molar-refractivity contribution in [3.63, 3.8) is 0 Å². The zero-order valence-corrected chi connectivity index (χ0v) is 16.9. The normalized spacial score (nSPS) is 10.9. The smallest absolute Gasteiger partial charge is 0.281 e. The second kappa shape index (κ2) is 7.91. The summed E-state index contributed by atoms with van der Waals surface area (Å²) in [5.74, 6) is 0.0517. The molecule has 0 saturated carbocycles. The Morgan fingerprint density at radius 1 is 1.16 bits per heavy atom. The molecular weight excluding hydrogens is 420 g/mol. The third-order valence-electron chi connectivity index (χ3n) is 4.92. The van der Waals surface area contributed by atoms with E-state index in [9.17, 15) is 25.0 Å². The van der Waals surface area contributed by atoms with Crippen molar-refractivity contribution in [2.75, 3.05) is 5.32 Å². The first kappa shape index (κ1) is 20.7. The second-order valence-corrected chi connectivity index (χ2v) is 6.98. The van der Waals surface area contributed by atoms with E-state index in [1.807, 2.05) is 0 Å². The molecule has 32 heavy (non-hydrogen) atoms. The number of rotatable bonds is 6. The number of benzene rings is 1. The monoisotopic (exact) mass is 436 g/mol. The van der Waals surface area contributed by atoms with Gasteiger partial charge in [0, 0.05) is 23.9 Å². The Bertz CT molecular complexity index is 1340. The molecule has 0 aliphatic carbocycles. The number of carbonyl (C=O) groups is 1. The molecule has 12 nitrogen and oxygen atoms in total. The van der Waals surface area contributed by atoms with Gasteiger partial charge in [-0.15, -0.1) is 0 Å². The van der Waals surface area contributed by atoms with Crippen molar-refractivity contribution >= 4 is 34.0 Å². The Labute approximate surface area is 179 Å². The summed E-state index contributed by atoms with van der Waals surface area (Å²) in [5.41, 5.74) is 0.785. The van der Waals surface area contributed by atoms with E-state index >= 15 is 0 Å². The predicted octanol–water partition coefficient (Wildman–Crippen LogP) is 3.76. The van der Waals surface area contributed by atoms with E-state index in [0.29, 0.717) is 17.1 Å². The number of pyridine rings is 1. The number of carbonyl (C=O) groups excluding carboxylic acids is 1. The fraction of sp³-hybridized carbons (Fsp3) is 0.150. The summed E-state index contributed by atoms with van der Waals surface area (Å²) < 4.78 is 6.86. The Morgan fingerprint density at radius 2 is 1.84 bits per heavy atom. The third kappa shape index (κ3) is 3.64. The van der Waals surface area contributed by atoms with Crippen molar-refractivity contribution in [1.29, 1.82) is 0 Å². The van der Waals surface area contributed by atoms with Gasteiger partial charge in [0.2, 0.25) is 5.91 Å². The highest BCUT2D eigenvalue weighted by atomic mass is 16.6. The maximum absolute atomic E-state index is 12.6. The molecule has 0 radical (unpaired) electrons. The number of nitrogens with one attached hydrogen (secondary N) is 1. The Balaban J connectivity index is 1.65. The van der Waals surface area contributed by atoms with Crippen LogP contribution in [0.2, 0.25) is 0 Å². The van der Waals surface area contributed by atoms with Gasteiger partial charge in [-0.1, -0.05) is 0 Å². The number of aromatic nitrogens is 3. The fourth-order valence-corrected chi connectivity index (χ4v) is 3.50. The summed E-state index contributed by atoms with van der Waals surface area (Å²) >= 11 is 0. The van der Waals surface area contributed by atoms with Gasteiger partial charge in [0.05, 0.1) is 32.9 Å². The van der Waals surface area contributed by atoms with Crippen LogP contribution in [0.15, 0.2) is 47.2 Å². The summed E-state index contributed by atoms with van der Waals surface area (Å²) in [7, 11) is 0. The quantitative estimate of drug-likeness (QED) is 0.353. The number of furan rings is 1. The maximum Gasteiger partial charge on any atom is 0.281 e. The molecule has 0 saturated heterocycles. The van der Waals surface area contributed by atoms with Crippen LogP contribution in [0.25, 0.3) is 22.4 Å². The number of nitro benzene ring substituents is 2. The third-order valence-corrected chi connectivity index (χ3v) is 4.92. The number of fused-ring (bicyclic) bond motifs is 1. The average molecular weight is 436 g/mol. The summed E-state index contributed by atoms with van der Waals surface area (Å²) in [6, 6.07) is 7.51. The first-order valence-corrected chi connectivity index (χ1v) is 9.35. The maximum atomic E-state index is 12.6. The molecule has 0 aliphatic heterocycles. The number of nitrogens with zero attached hydrogens (tertiary/aromatic N) is 5. The summed E-state index contributed by atoms with van der Waals surface area (Å²) in [6.07, 6.45) is 3.12. The molecule has 1 aromatic carbocycles. The highest BCUT2D eigenvalue weighted by Gasteiger charge is 2.24. The van der Waals surface area contributed by atoms with E-state index in [-0.39, 0.29) is 17.8 Å². The summed E-state index contributed by atoms with van der Waals surface area (Å²) in [6.45, 7) is 2.80. The van der Waals surface area contributed by atoms with E-state index in [4.69, 9.17) is 4.42 Å². The van der Waals surface area contributed by atoms with Crippen LogP contribution in [0.5, 0.6) is 0 Å². The van der Waals surface area contributed by atoms with Gasteiger partial charge in [-0.3, -0.25) is 25.0 Å². The van der Waals surface area contributed by atoms with Crippen LogP contribution in [0.1, 0.15) is 11.3 Å². The van der Waals surface area contributed by atoms with Crippen molar-refractivity contribution in [1.82, 2.24) is 14.8 Å². The minimum absolute atomic E-state index is 0.0589. The van der Waals surface area contributed by atoms with Crippen molar-refractivity contribution < 1.29 is 19.1 Å². The molecule has 3 aromatic heterocycles. The lowest BCUT2D eigenvalue weighted by molar-refractivity contribution is -0.395. The van der Waals surface area contributed by atoms with E-state index < -0.39 is 27.1 Å². The number of aryl methyl sites for hydroxylation is 1. The number of hydrogen-bond acceptors (Lipinski definition) is 8. The number of anilines is 1. The Morgan fingerprint density at radius 3 is 2.44 bits per heavy atom. The lowest BCUT2D eigenvalue weighted by atomic mass is 10.1. The molecule has 4 rings (SSSR count). The van der Waals surface area contributed by atoms with Crippen LogP contribution in [0.3, 0.4) is 0 Å². The zero-order valence-electron chi connectivity index (χ0n) is 16.9. The van der Waals surface area contributed by atoms with E-state index in [1.165, 1.54) is 11.6 Å². The molecule has 1 N–H and O–H groups in total. The predicted molar refractivity (Wildman–Crippen MR) is 113 cm³/mol. The molecule has 1 amide bonds. The number of amides is 1. The summed E-state index contributed by atoms with van der Waals surface area (Å²) in [5, 5.41) is 30.1. The highest BCUT2D eigenvalue weighted by molar-refractivity contribution is 5.95. The lowest BCUT2D eigenvalue weighted by Crippen LogP contribution is -2.20. The standard InChI is InChI=1S/C20H16N6O6/c1-11-15(25(28)29)8-13(9-16(11)26(30)31)22-18(27)10-24-20-19(12(2)23-24)14(5-6-21-20)17-4-3-7-32-17/h3-9H,10H2,1-2H3,(H,22,27). The molecule has 0 unspecified atom stereocenters. The van der Waals surface area contributed by atoms with Gasteiger partial charge in [0.1, 0.15) is 17.9 Å². The van der Waals surface area contributed by atoms with Gasteiger partial charge in [0.15, 0.2) is 5.65 Å². The summed E-state index contributed by atoms with van der Waals surface area (Å²) in [4.78, 5) is 38.0. The minimum Gasteiger partial charge on any atom is -0.464 e.